The van der Waals surface area contributed by atoms with E-state index in [1.807, 2.05) is 26.0 Å². The van der Waals surface area contributed by atoms with Crippen molar-refractivity contribution in [2.75, 3.05) is 0 Å². The van der Waals surface area contributed by atoms with Gasteiger partial charge in [0, 0.05) is 6.20 Å². The SMILES string of the molecule is C\C=C/N=C(C(=C\CC)\OC(/C=N/C(=C(/C)CC)C(F)(F)F)=C/C)/C(=C/CC)CCC. The normalized spacial score (nSPS) is 15.8. The summed E-state index contributed by atoms with van der Waals surface area (Å²) in [5.41, 5.74) is 1.02. The number of aliphatic imine (C=N–C) groups is 2. The first-order valence-corrected chi connectivity index (χ1v) is 10.9. The number of allylic oxidation sites excluding steroid dienone is 8. The zero-order valence-corrected chi connectivity index (χ0v) is 19.9. The van der Waals surface area contributed by atoms with Crippen LogP contribution in [0.4, 0.5) is 13.2 Å². The predicted molar refractivity (Wildman–Crippen MR) is 126 cm³/mol. The molecule has 0 atom stereocenters. The van der Waals surface area contributed by atoms with Crippen LogP contribution in [0.1, 0.15) is 80.6 Å². The predicted octanol–water partition coefficient (Wildman–Crippen LogP) is 8.63. The summed E-state index contributed by atoms with van der Waals surface area (Å²) in [7, 11) is 0. The maximum absolute atomic E-state index is 13.4. The van der Waals surface area contributed by atoms with Gasteiger partial charge in [-0.25, -0.2) is 4.99 Å². The molecule has 0 aliphatic carbocycles. The van der Waals surface area contributed by atoms with Crippen LogP contribution in [0.3, 0.4) is 0 Å². The van der Waals surface area contributed by atoms with E-state index in [0.29, 0.717) is 17.9 Å². The Morgan fingerprint density at radius 3 is 2.10 bits per heavy atom. The monoisotopic (exact) mass is 438 g/mol. The molecule has 0 bridgehead atoms. The van der Waals surface area contributed by atoms with Gasteiger partial charge in [0.05, 0.1) is 6.21 Å². The van der Waals surface area contributed by atoms with Crippen molar-refractivity contribution in [3.8, 4) is 0 Å². The summed E-state index contributed by atoms with van der Waals surface area (Å²) in [5, 5.41) is 0. The molecule has 0 amide bonds. The van der Waals surface area contributed by atoms with E-state index in [-0.39, 0.29) is 17.8 Å². The van der Waals surface area contributed by atoms with Gasteiger partial charge in [0.2, 0.25) is 0 Å². The standard InChI is InChI=1S/C25H37F3N2O/c1-8-14-20(15-9-2)23(29-17-11-4)22(16-10-3)31-21(13-6)18-30-24(19(7)12-5)25(26,27)28/h11,13-14,16-18H,8-10,12,15H2,1-7H3/b17-11-,20-14+,21-13+,22-16-,24-19-,29-23-,30-18+. The molecule has 0 aliphatic rings. The molecule has 0 rings (SSSR count). The lowest BCUT2D eigenvalue weighted by Crippen LogP contribution is -2.14. The van der Waals surface area contributed by atoms with Crippen molar-refractivity contribution in [1.29, 1.82) is 0 Å². The average molecular weight is 439 g/mol. The molecular weight excluding hydrogens is 401 g/mol. The van der Waals surface area contributed by atoms with Crippen LogP contribution < -0.4 is 0 Å². The van der Waals surface area contributed by atoms with Gasteiger partial charge >= 0.3 is 6.18 Å². The van der Waals surface area contributed by atoms with E-state index in [2.05, 4.69) is 29.9 Å². The molecule has 3 nitrogen and oxygen atoms in total. The smallest absolute Gasteiger partial charge is 0.433 e. The van der Waals surface area contributed by atoms with E-state index in [9.17, 15) is 13.2 Å². The van der Waals surface area contributed by atoms with Gasteiger partial charge in [-0.05, 0) is 69.8 Å². The Balaban J connectivity index is 6.21. The second-order valence-corrected chi connectivity index (χ2v) is 6.86. The van der Waals surface area contributed by atoms with Crippen LogP contribution in [-0.4, -0.2) is 18.1 Å². The average Bonchev–Trinajstić information content (AvgIpc) is 2.72. The highest BCUT2D eigenvalue weighted by Crippen LogP contribution is 2.30. The summed E-state index contributed by atoms with van der Waals surface area (Å²) in [6.07, 6.45) is 9.28. The van der Waals surface area contributed by atoms with Crippen LogP contribution >= 0.6 is 0 Å². The Morgan fingerprint density at radius 2 is 1.65 bits per heavy atom. The first kappa shape index (κ1) is 28.6. The van der Waals surface area contributed by atoms with Gasteiger partial charge in [0.25, 0.3) is 0 Å². The fourth-order valence-electron chi connectivity index (χ4n) is 2.67. The molecule has 0 aromatic heterocycles. The van der Waals surface area contributed by atoms with Gasteiger partial charge in [0.15, 0.2) is 0 Å². The van der Waals surface area contributed by atoms with E-state index >= 15 is 0 Å². The third-order valence-electron chi connectivity index (χ3n) is 4.29. The summed E-state index contributed by atoms with van der Waals surface area (Å²) in [5.74, 6) is 0.740. The molecule has 0 spiro atoms. The maximum Gasteiger partial charge on any atom is 0.433 e. The molecule has 0 saturated carbocycles. The highest BCUT2D eigenvalue weighted by atomic mass is 19.4. The minimum Gasteiger partial charge on any atom is -0.454 e. The second-order valence-electron chi connectivity index (χ2n) is 6.86. The van der Waals surface area contributed by atoms with E-state index in [4.69, 9.17) is 4.74 Å². The molecule has 0 heterocycles. The van der Waals surface area contributed by atoms with Crippen LogP contribution in [0.25, 0.3) is 0 Å². The molecule has 0 fully saturated rings. The Bertz CT molecular complexity index is 764. The number of halogens is 3. The van der Waals surface area contributed by atoms with Crippen LogP contribution in [0.15, 0.2) is 68.9 Å². The Labute approximate surface area is 185 Å². The summed E-state index contributed by atoms with van der Waals surface area (Å²) in [4.78, 5) is 8.31. The molecule has 6 heteroatoms. The molecule has 0 aliphatic heterocycles. The number of hydrogen-bond acceptors (Lipinski definition) is 3. The highest BCUT2D eigenvalue weighted by molar-refractivity contribution is 6.11. The number of ether oxygens (including phenoxy) is 1. The summed E-state index contributed by atoms with van der Waals surface area (Å²) < 4.78 is 46.1. The van der Waals surface area contributed by atoms with Crippen molar-refractivity contribution in [1.82, 2.24) is 0 Å². The van der Waals surface area contributed by atoms with Crippen molar-refractivity contribution in [3.63, 3.8) is 0 Å². The van der Waals surface area contributed by atoms with E-state index < -0.39 is 11.9 Å². The lowest BCUT2D eigenvalue weighted by atomic mass is 10.0. The first-order chi connectivity index (χ1) is 14.7. The van der Waals surface area contributed by atoms with Gasteiger partial charge in [0.1, 0.15) is 22.9 Å². The minimum atomic E-state index is -4.52. The zero-order valence-electron chi connectivity index (χ0n) is 19.9. The summed E-state index contributed by atoms with van der Waals surface area (Å²) >= 11 is 0. The Morgan fingerprint density at radius 1 is 1.00 bits per heavy atom. The molecule has 0 aromatic rings. The van der Waals surface area contributed by atoms with Crippen molar-refractivity contribution >= 4 is 11.9 Å². The fourth-order valence-corrected chi connectivity index (χ4v) is 2.67. The fraction of sp³-hybridized carbons (Fsp3) is 0.520. The molecule has 174 valence electrons. The van der Waals surface area contributed by atoms with E-state index in [0.717, 1.165) is 31.1 Å². The van der Waals surface area contributed by atoms with Gasteiger partial charge in [-0.2, -0.15) is 13.2 Å². The van der Waals surface area contributed by atoms with Crippen LogP contribution in [-0.2, 0) is 4.74 Å². The minimum absolute atomic E-state index is 0.176. The first-order valence-electron chi connectivity index (χ1n) is 10.9. The van der Waals surface area contributed by atoms with Gasteiger partial charge < -0.3 is 4.74 Å². The third-order valence-corrected chi connectivity index (χ3v) is 4.29. The van der Waals surface area contributed by atoms with Crippen molar-refractivity contribution < 1.29 is 17.9 Å². The summed E-state index contributed by atoms with van der Waals surface area (Å²) in [6.45, 7) is 12.8. The van der Waals surface area contributed by atoms with Crippen molar-refractivity contribution in [2.24, 2.45) is 9.98 Å². The molecule has 0 unspecified atom stereocenters. The molecule has 0 aromatic carbocycles. The zero-order chi connectivity index (χ0) is 23.9. The lowest BCUT2D eigenvalue weighted by Gasteiger charge is -2.16. The Kier molecular flexibility index (Phi) is 14.3. The molecular formula is C25H37F3N2O. The van der Waals surface area contributed by atoms with Crippen molar-refractivity contribution in [3.05, 3.63) is 58.9 Å². The summed E-state index contributed by atoms with van der Waals surface area (Å²) in [6, 6.07) is 0. The van der Waals surface area contributed by atoms with Crippen LogP contribution in [0.5, 0.6) is 0 Å². The number of alkyl halides is 3. The van der Waals surface area contributed by atoms with Gasteiger partial charge in [-0.15, -0.1) is 0 Å². The molecule has 0 N–H and O–H groups in total. The lowest BCUT2D eigenvalue weighted by molar-refractivity contribution is -0.0932. The maximum atomic E-state index is 13.4. The topological polar surface area (TPSA) is 34.0 Å². The highest BCUT2D eigenvalue weighted by Gasteiger charge is 2.35. The number of nitrogens with zero attached hydrogens (tertiary/aromatic N) is 2. The van der Waals surface area contributed by atoms with E-state index in [1.165, 1.54) is 6.92 Å². The van der Waals surface area contributed by atoms with Gasteiger partial charge in [-0.1, -0.05) is 46.3 Å². The van der Waals surface area contributed by atoms with Gasteiger partial charge in [-0.3, -0.25) is 4.99 Å². The second kappa shape index (κ2) is 15.4. The molecule has 0 saturated heterocycles. The third kappa shape index (κ3) is 10.5. The Hall–Kier alpha value is -2.37. The van der Waals surface area contributed by atoms with Crippen LogP contribution in [0.2, 0.25) is 0 Å². The van der Waals surface area contributed by atoms with E-state index in [1.54, 1.807) is 26.1 Å². The number of hydrogen-bond donors (Lipinski definition) is 0. The van der Waals surface area contributed by atoms with Crippen LogP contribution in [0, 0.1) is 0 Å². The molecule has 31 heavy (non-hydrogen) atoms. The largest absolute Gasteiger partial charge is 0.454 e. The van der Waals surface area contributed by atoms with Crippen molar-refractivity contribution in [2.45, 2.75) is 86.7 Å². The number of rotatable bonds is 12. The quantitative estimate of drug-likeness (QED) is 0.222. The molecule has 0 radical (unpaired) electrons.